The highest BCUT2D eigenvalue weighted by molar-refractivity contribution is 5.85. The van der Waals surface area contributed by atoms with Crippen molar-refractivity contribution in [2.45, 2.75) is 38.1 Å². The summed E-state index contributed by atoms with van der Waals surface area (Å²) in [5, 5.41) is 9.19. The first-order valence-electron chi connectivity index (χ1n) is 5.15. The van der Waals surface area contributed by atoms with E-state index in [1.54, 1.807) is 0 Å². The van der Waals surface area contributed by atoms with Gasteiger partial charge in [0, 0.05) is 6.04 Å². The maximum atomic E-state index is 11.2. The topological polar surface area (TPSA) is 89.6 Å². The van der Waals surface area contributed by atoms with Gasteiger partial charge in [0.2, 0.25) is 0 Å². The second-order valence-electron chi connectivity index (χ2n) is 4.14. The van der Waals surface area contributed by atoms with Crippen LogP contribution in [0.3, 0.4) is 0 Å². The van der Waals surface area contributed by atoms with Crippen LogP contribution in [0.4, 0.5) is 0 Å². The van der Waals surface area contributed by atoms with Crippen LogP contribution in [-0.4, -0.2) is 30.2 Å². The number of hydrogen-bond donors (Lipinski definition) is 2. The predicted octanol–water partition coefficient (Wildman–Crippen LogP) is 0.944. The van der Waals surface area contributed by atoms with Crippen LogP contribution < -0.4 is 5.73 Å². The molecular formula is C10H18ClNO4. The zero-order valence-electron chi connectivity index (χ0n) is 9.05. The van der Waals surface area contributed by atoms with Crippen LogP contribution in [0.15, 0.2) is 0 Å². The third kappa shape index (κ3) is 3.64. The lowest BCUT2D eigenvalue weighted by Crippen LogP contribution is -2.40. The highest BCUT2D eigenvalue weighted by atomic mass is 35.5. The van der Waals surface area contributed by atoms with Crippen LogP contribution in [0.5, 0.6) is 0 Å². The zero-order valence-corrected chi connectivity index (χ0v) is 9.87. The summed E-state index contributed by atoms with van der Waals surface area (Å²) in [5.74, 6) is -0.802. The molecule has 6 heteroatoms. The molecule has 0 atom stereocenters. The van der Waals surface area contributed by atoms with Gasteiger partial charge in [-0.25, -0.2) is 0 Å². The van der Waals surface area contributed by atoms with Gasteiger partial charge in [0.15, 0.2) is 0 Å². The molecule has 1 saturated carbocycles. The van der Waals surface area contributed by atoms with Crippen molar-refractivity contribution in [1.82, 2.24) is 0 Å². The highest BCUT2D eigenvalue weighted by Gasteiger charge is 2.40. The van der Waals surface area contributed by atoms with Crippen molar-refractivity contribution in [3.63, 3.8) is 0 Å². The fraction of sp³-hybridized carbons (Fsp3) is 0.800. The van der Waals surface area contributed by atoms with Crippen molar-refractivity contribution in [2.75, 3.05) is 6.61 Å². The van der Waals surface area contributed by atoms with E-state index in [0.717, 1.165) is 12.8 Å². The molecule has 0 amide bonds. The van der Waals surface area contributed by atoms with Crippen LogP contribution in [0.25, 0.3) is 0 Å². The van der Waals surface area contributed by atoms with Crippen molar-refractivity contribution in [2.24, 2.45) is 11.1 Å². The number of carbonyl (C=O) groups is 2. The monoisotopic (exact) mass is 251 g/mol. The number of hydrogen-bond acceptors (Lipinski definition) is 4. The maximum Gasteiger partial charge on any atom is 0.309 e. The molecular weight excluding hydrogens is 234 g/mol. The Kier molecular flexibility index (Phi) is 6.36. The Morgan fingerprint density at radius 3 is 2.50 bits per heavy atom. The Hall–Kier alpha value is -0.810. The number of carboxylic acid groups (broad SMARTS) is 1. The summed E-state index contributed by atoms with van der Waals surface area (Å²) < 4.78 is 4.56. The van der Waals surface area contributed by atoms with Gasteiger partial charge in [-0.2, -0.15) is 0 Å². The SMILES string of the molecule is Cl.NC1CCC(CCOC=O)(C(=O)O)CC1. The van der Waals surface area contributed by atoms with Gasteiger partial charge >= 0.3 is 5.97 Å². The minimum atomic E-state index is -0.802. The van der Waals surface area contributed by atoms with E-state index in [-0.39, 0.29) is 25.1 Å². The molecule has 1 fully saturated rings. The molecule has 0 aliphatic heterocycles. The molecule has 0 radical (unpaired) electrons. The van der Waals surface area contributed by atoms with Gasteiger partial charge in [-0.3, -0.25) is 9.59 Å². The summed E-state index contributed by atoms with van der Waals surface area (Å²) in [7, 11) is 0. The molecule has 0 spiro atoms. The highest BCUT2D eigenvalue weighted by Crippen LogP contribution is 2.39. The van der Waals surface area contributed by atoms with E-state index in [9.17, 15) is 14.7 Å². The van der Waals surface area contributed by atoms with E-state index < -0.39 is 11.4 Å². The number of nitrogens with two attached hydrogens (primary N) is 1. The quantitative estimate of drug-likeness (QED) is 0.561. The molecule has 0 aromatic heterocycles. The number of ether oxygens (including phenoxy) is 1. The maximum absolute atomic E-state index is 11.2. The Morgan fingerprint density at radius 2 is 2.06 bits per heavy atom. The minimum Gasteiger partial charge on any atom is -0.481 e. The van der Waals surface area contributed by atoms with Crippen molar-refractivity contribution < 1.29 is 19.4 Å². The van der Waals surface area contributed by atoms with E-state index in [0.29, 0.717) is 25.7 Å². The molecule has 0 aromatic rings. The predicted molar refractivity (Wildman–Crippen MR) is 60.4 cm³/mol. The fourth-order valence-electron chi connectivity index (χ4n) is 2.07. The molecule has 1 rings (SSSR count). The van der Waals surface area contributed by atoms with Crippen molar-refractivity contribution in [1.29, 1.82) is 0 Å². The first-order valence-corrected chi connectivity index (χ1v) is 5.15. The van der Waals surface area contributed by atoms with Crippen LogP contribution in [0.1, 0.15) is 32.1 Å². The average molecular weight is 252 g/mol. The number of aliphatic carboxylic acids is 1. The van der Waals surface area contributed by atoms with E-state index >= 15 is 0 Å². The lowest BCUT2D eigenvalue weighted by atomic mass is 9.71. The van der Waals surface area contributed by atoms with Crippen LogP contribution in [0, 0.1) is 5.41 Å². The lowest BCUT2D eigenvalue weighted by Gasteiger charge is -2.35. The van der Waals surface area contributed by atoms with Gasteiger partial charge in [-0.1, -0.05) is 0 Å². The van der Waals surface area contributed by atoms with Crippen molar-refractivity contribution in [3.8, 4) is 0 Å². The van der Waals surface area contributed by atoms with E-state index in [1.165, 1.54) is 0 Å². The number of halogens is 1. The molecule has 0 heterocycles. The Labute approximate surface area is 101 Å². The summed E-state index contributed by atoms with van der Waals surface area (Å²) in [6.45, 7) is 0.523. The third-order valence-corrected chi connectivity index (χ3v) is 3.21. The molecule has 3 N–H and O–H groups in total. The third-order valence-electron chi connectivity index (χ3n) is 3.21. The lowest BCUT2D eigenvalue weighted by molar-refractivity contribution is -0.153. The molecule has 0 unspecified atom stereocenters. The molecule has 0 saturated heterocycles. The van der Waals surface area contributed by atoms with Crippen LogP contribution in [0.2, 0.25) is 0 Å². The molecule has 5 nitrogen and oxygen atoms in total. The van der Waals surface area contributed by atoms with E-state index in [2.05, 4.69) is 4.74 Å². The number of rotatable bonds is 5. The molecule has 1 aliphatic rings. The van der Waals surface area contributed by atoms with Crippen LogP contribution >= 0.6 is 12.4 Å². The summed E-state index contributed by atoms with van der Waals surface area (Å²) in [6, 6.07) is 0.115. The molecule has 94 valence electrons. The van der Waals surface area contributed by atoms with Gasteiger partial charge in [0.25, 0.3) is 6.47 Å². The Bertz CT molecular complexity index is 239. The van der Waals surface area contributed by atoms with Crippen molar-refractivity contribution >= 4 is 24.8 Å². The van der Waals surface area contributed by atoms with Gasteiger partial charge < -0.3 is 15.6 Å². The largest absolute Gasteiger partial charge is 0.481 e. The van der Waals surface area contributed by atoms with E-state index in [4.69, 9.17) is 5.73 Å². The van der Waals surface area contributed by atoms with Gasteiger partial charge in [0.05, 0.1) is 12.0 Å². The smallest absolute Gasteiger partial charge is 0.309 e. The second-order valence-corrected chi connectivity index (χ2v) is 4.14. The first kappa shape index (κ1) is 15.2. The molecule has 0 aromatic carbocycles. The van der Waals surface area contributed by atoms with Gasteiger partial charge in [-0.15, -0.1) is 12.4 Å². The summed E-state index contributed by atoms with van der Waals surface area (Å²) in [6.07, 6.45) is 2.99. The fourth-order valence-corrected chi connectivity index (χ4v) is 2.07. The second kappa shape index (κ2) is 6.70. The Morgan fingerprint density at radius 1 is 1.50 bits per heavy atom. The molecule has 0 bridgehead atoms. The first-order chi connectivity index (χ1) is 7.10. The molecule has 16 heavy (non-hydrogen) atoms. The van der Waals surface area contributed by atoms with Crippen LogP contribution in [-0.2, 0) is 14.3 Å². The number of carbonyl (C=O) groups excluding carboxylic acids is 1. The Balaban J connectivity index is 0.00000225. The summed E-state index contributed by atoms with van der Waals surface area (Å²) in [4.78, 5) is 21.2. The zero-order chi connectivity index (χ0) is 11.3. The van der Waals surface area contributed by atoms with Gasteiger partial charge in [0.1, 0.15) is 0 Å². The standard InChI is InChI=1S/C10H17NO4.ClH/c11-8-1-3-10(4-2-8,9(13)14)5-6-15-7-12;/h7-8H,1-6,11H2,(H,13,14);1H. The minimum absolute atomic E-state index is 0. The van der Waals surface area contributed by atoms with Crippen molar-refractivity contribution in [3.05, 3.63) is 0 Å². The molecule has 1 aliphatic carbocycles. The van der Waals surface area contributed by atoms with E-state index in [1.807, 2.05) is 0 Å². The summed E-state index contributed by atoms with van der Waals surface area (Å²) in [5.41, 5.74) is 4.99. The number of carboxylic acids is 1. The normalized spacial score (nSPS) is 28.9. The summed E-state index contributed by atoms with van der Waals surface area (Å²) >= 11 is 0. The van der Waals surface area contributed by atoms with Gasteiger partial charge in [-0.05, 0) is 32.1 Å². The average Bonchev–Trinajstić information content (AvgIpc) is 2.21.